The Kier molecular flexibility index (Phi) is 7.84. The maximum atomic E-state index is 12.9. The molecule has 2 aromatic carbocycles. The van der Waals surface area contributed by atoms with E-state index < -0.39 is 17.6 Å². The minimum absolute atomic E-state index is 0.211. The Morgan fingerprint density at radius 2 is 1.79 bits per heavy atom. The molecular weight excluding hydrogens is 422 g/mol. The first-order chi connectivity index (χ1) is 15.8. The SMILES string of the molecule is CCc1c(C(=O)C(N)=O)c2c(OCC(=O)NOCC(C)C)cccc2n1Cc1ccccc1. The molecule has 1 aromatic heterocycles. The number of amides is 2. The largest absolute Gasteiger partial charge is 0.483 e. The monoisotopic (exact) mass is 451 g/mol. The Balaban J connectivity index is 2.02. The van der Waals surface area contributed by atoms with Crippen molar-refractivity contribution in [3.8, 4) is 5.75 Å². The number of ketones is 1. The van der Waals surface area contributed by atoms with E-state index in [0.29, 0.717) is 41.9 Å². The molecule has 0 aliphatic heterocycles. The van der Waals surface area contributed by atoms with Crippen LogP contribution in [0.2, 0.25) is 0 Å². The number of fused-ring (bicyclic) bond motifs is 1. The number of hydrogen-bond donors (Lipinski definition) is 2. The van der Waals surface area contributed by atoms with Crippen molar-refractivity contribution in [3.63, 3.8) is 0 Å². The molecule has 33 heavy (non-hydrogen) atoms. The van der Waals surface area contributed by atoms with Gasteiger partial charge >= 0.3 is 0 Å². The van der Waals surface area contributed by atoms with Crippen molar-refractivity contribution < 1.29 is 24.0 Å². The van der Waals surface area contributed by atoms with Crippen molar-refractivity contribution in [2.24, 2.45) is 11.7 Å². The van der Waals surface area contributed by atoms with E-state index in [1.165, 1.54) is 0 Å². The highest BCUT2D eigenvalue weighted by Gasteiger charge is 2.27. The highest BCUT2D eigenvalue weighted by Crippen LogP contribution is 2.35. The average Bonchev–Trinajstić information content (AvgIpc) is 3.11. The number of benzene rings is 2. The molecule has 2 amide bonds. The summed E-state index contributed by atoms with van der Waals surface area (Å²) in [5, 5.41) is 0.463. The summed E-state index contributed by atoms with van der Waals surface area (Å²) in [5.74, 6) is -1.71. The second-order valence-corrected chi connectivity index (χ2v) is 8.11. The molecule has 0 spiro atoms. The summed E-state index contributed by atoms with van der Waals surface area (Å²) in [4.78, 5) is 42.0. The van der Waals surface area contributed by atoms with Crippen LogP contribution in [0.1, 0.15) is 42.4 Å². The van der Waals surface area contributed by atoms with Crippen molar-refractivity contribution >= 4 is 28.5 Å². The molecule has 174 valence electrons. The number of ether oxygens (including phenoxy) is 1. The molecule has 3 rings (SSSR count). The van der Waals surface area contributed by atoms with Gasteiger partial charge in [0.05, 0.1) is 23.1 Å². The second kappa shape index (κ2) is 10.8. The van der Waals surface area contributed by atoms with Gasteiger partial charge in [-0.2, -0.15) is 0 Å². The Morgan fingerprint density at radius 3 is 2.42 bits per heavy atom. The van der Waals surface area contributed by atoms with E-state index in [9.17, 15) is 14.4 Å². The van der Waals surface area contributed by atoms with Crippen LogP contribution in [0, 0.1) is 5.92 Å². The Bertz CT molecular complexity index is 1150. The fourth-order valence-corrected chi connectivity index (χ4v) is 3.68. The quantitative estimate of drug-likeness (QED) is 0.264. The number of carbonyl (C=O) groups excluding carboxylic acids is 3. The summed E-state index contributed by atoms with van der Waals surface area (Å²) >= 11 is 0. The van der Waals surface area contributed by atoms with Gasteiger partial charge in [-0.25, -0.2) is 5.48 Å². The number of nitrogens with two attached hydrogens (primary N) is 1. The molecule has 0 atom stereocenters. The summed E-state index contributed by atoms with van der Waals surface area (Å²) < 4.78 is 7.75. The molecule has 0 radical (unpaired) electrons. The highest BCUT2D eigenvalue weighted by atomic mass is 16.7. The molecule has 8 nitrogen and oxygen atoms in total. The van der Waals surface area contributed by atoms with Crippen LogP contribution in [0.5, 0.6) is 5.75 Å². The van der Waals surface area contributed by atoms with E-state index >= 15 is 0 Å². The lowest BCUT2D eigenvalue weighted by molar-refractivity contribution is -0.136. The van der Waals surface area contributed by atoms with Crippen molar-refractivity contribution in [2.75, 3.05) is 13.2 Å². The molecule has 1 heterocycles. The van der Waals surface area contributed by atoms with E-state index in [4.69, 9.17) is 15.3 Å². The molecule has 0 aliphatic carbocycles. The number of nitrogens with zero attached hydrogens (tertiary/aromatic N) is 1. The third-order valence-corrected chi connectivity index (χ3v) is 5.09. The normalized spacial score (nSPS) is 11.0. The summed E-state index contributed by atoms with van der Waals surface area (Å²) in [5.41, 5.74) is 10.4. The van der Waals surface area contributed by atoms with E-state index in [1.807, 2.05) is 61.7 Å². The highest BCUT2D eigenvalue weighted by molar-refractivity contribution is 6.45. The molecule has 3 N–H and O–H groups in total. The van der Waals surface area contributed by atoms with Gasteiger partial charge in [0.15, 0.2) is 6.61 Å². The first-order valence-corrected chi connectivity index (χ1v) is 10.9. The smallest absolute Gasteiger partial charge is 0.289 e. The van der Waals surface area contributed by atoms with Gasteiger partial charge in [-0.15, -0.1) is 0 Å². The Morgan fingerprint density at radius 1 is 1.06 bits per heavy atom. The number of aromatic nitrogens is 1. The van der Waals surface area contributed by atoms with Crippen LogP contribution in [0.15, 0.2) is 48.5 Å². The summed E-state index contributed by atoms with van der Waals surface area (Å²) in [7, 11) is 0. The van der Waals surface area contributed by atoms with E-state index in [2.05, 4.69) is 5.48 Å². The minimum atomic E-state index is -1.04. The summed E-state index contributed by atoms with van der Waals surface area (Å²) in [6.07, 6.45) is 0.499. The van der Waals surface area contributed by atoms with Crippen molar-refractivity contribution in [1.29, 1.82) is 0 Å². The maximum Gasteiger partial charge on any atom is 0.289 e. The third kappa shape index (κ3) is 5.59. The van der Waals surface area contributed by atoms with Gasteiger partial charge in [-0.05, 0) is 30.0 Å². The van der Waals surface area contributed by atoms with Crippen LogP contribution in [-0.4, -0.2) is 35.4 Å². The second-order valence-electron chi connectivity index (χ2n) is 8.11. The topological polar surface area (TPSA) is 113 Å². The van der Waals surface area contributed by atoms with Crippen molar-refractivity contribution in [3.05, 3.63) is 65.4 Å². The van der Waals surface area contributed by atoms with E-state index in [0.717, 1.165) is 5.56 Å². The third-order valence-electron chi connectivity index (χ3n) is 5.09. The standard InChI is InChI=1S/C25H29N3O5/c1-4-18-23(24(30)25(26)31)22-19(28(18)13-17-9-6-5-7-10-17)11-8-12-20(22)32-15-21(29)27-33-14-16(2)3/h5-12,16H,4,13-15H2,1-3H3,(H2,26,31)(H,27,29). The van der Waals surface area contributed by atoms with Crippen LogP contribution >= 0.6 is 0 Å². The fourth-order valence-electron chi connectivity index (χ4n) is 3.68. The number of primary amides is 1. The lowest BCUT2D eigenvalue weighted by Crippen LogP contribution is -2.30. The van der Waals surface area contributed by atoms with Gasteiger partial charge < -0.3 is 15.0 Å². The molecule has 0 unspecified atom stereocenters. The van der Waals surface area contributed by atoms with E-state index in [1.54, 1.807) is 12.1 Å². The number of nitrogens with one attached hydrogen (secondary N) is 1. The minimum Gasteiger partial charge on any atom is -0.483 e. The number of Topliss-reactive ketones (excluding diaryl/α,β-unsaturated/α-hetero) is 1. The molecule has 3 aromatic rings. The van der Waals surface area contributed by atoms with E-state index in [-0.39, 0.29) is 18.1 Å². The Hall–Kier alpha value is -3.65. The molecule has 0 bridgehead atoms. The first kappa shape index (κ1) is 24.0. The zero-order valence-corrected chi connectivity index (χ0v) is 19.1. The maximum absolute atomic E-state index is 12.9. The van der Waals surface area contributed by atoms with Gasteiger partial charge in [-0.3, -0.25) is 19.2 Å². The average molecular weight is 452 g/mol. The number of hydrogen-bond acceptors (Lipinski definition) is 5. The summed E-state index contributed by atoms with van der Waals surface area (Å²) in [6, 6.07) is 15.1. The molecule has 0 saturated carbocycles. The van der Waals surface area contributed by atoms with Gasteiger partial charge in [0.2, 0.25) is 0 Å². The van der Waals surface area contributed by atoms with Gasteiger partial charge in [-0.1, -0.05) is 57.2 Å². The summed E-state index contributed by atoms with van der Waals surface area (Å²) in [6.45, 7) is 6.40. The number of rotatable bonds is 11. The number of hydroxylamine groups is 1. The number of carbonyl (C=O) groups is 3. The predicted molar refractivity (Wildman–Crippen MR) is 125 cm³/mol. The zero-order chi connectivity index (χ0) is 24.0. The van der Waals surface area contributed by atoms with Crippen LogP contribution in [0.3, 0.4) is 0 Å². The molecule has 0 fully saturated rings. The molecule has 8 heteroatoms. The zero-order valence-electron chi connectivity index (χ0n) is 19.1. The molecule has 0 aliphatic rings. The first-order valence-electron chi connectivity index (χ1n) is 10.9. The molecule has 0 saturated heterocycles. The lowest BCUT2D eigenvalue weighted by atomic mass is 10.0. The van der Waals surface area contributed by atoms with Gasteiger partial charge in [0.1, 0.15) is 5.75 Å². The van der Waals surface area contributed by atoms with Gasteiger partial charge in [0, 0.05) is 12.2 Å². The van der Waals surface area contributed by atoms with Crippen LogP contribution < -0.4 is 16.0 Å². The van der Waals surface area contributed by atoms with Crippen molar-refractivity contribution in [1.82, 2.24) is 10.0 Å². The van der Waals surface area contributed by atoms with Gasteiger partial charge in [0.25, 0.3) is 17.6 Å². The van der Waals surface area contributed by atoms with Crippen molar-refractivity contribution in [2.45, 2.75) is 33.7 Å². The predicted octanol–water partition coefficient (Wildman–Crippen LogP) is 3.00. The molecular formula is C25H29N3O5. The van der Waals surface area contributed by atoms with Crippen LogP contribution in [0.4, 0.5) is 0 Å². The fraction of sp³-hybridized carbons (Fsp3) is 0.320. The van der Waals surface area contributed by atoms with Crippen LogP contribution in [0.25, 0.3) is 10.9 Å². The Labute approximate surface area is 192 Å². The van der Waals surface area contributed by atoms with Crippen LogP contribution in [-0.2, 0) is 27.4 Å². The lowest BCUT2D eigenvalue weighted by Gasteiger charge is -2.11.